The molecular formula is C42H28N2S. The van der Waals surface area contributed by atoms with Gasteiger partial charge in [-0.3, -0.25) is 0 Å². The predicted molar refractivity (Wildman–Crippen MR) is 190 cm³/mol. The highest BCUT2D eigenvalue weighted by Gasteiger charge is 2.16. The minimum absolute atomic E-state index is 0.707. The largest absolute Gasteiger partial charge is 0.228 e. The highest BCUT2D eigenvalue weighted by molar-refractivity contribution is 7.22. The van der Waals surface area contributed by atoms with E-state index < -0.39 is 0 Å². The molecule has 0 aliphatic rings. The summed E-state index contributed by atoms with van der Waals surface area (Å²) >= 11 is 1.82. The van der Waals surface area contributed by atoms with Crippen molar-refractivity contribution in [2.75, 3.05) is 0 Å². The quantitative estimate of drug-likeness (QED) is 0.192. The van der Waals surface area contributed by atoms with Crippen molar-refractivity contribution < 1.29 is 0 Å². The van der Waals surface area contributed by atoms with Crippen LogP contribution < -0.4 is 0 Å². The minimum atomic E-state index is 0.707. The number of aromatic nitrogens is 2. The van der Waals surface area contributed by atoms with Crippen molar-refractivity contribution in [3.05, 3.63) is 170 Å². The fraction of sp³-hybridized carbons (Fsp3) is 0. The van der Waals surface area contributed by atoms with E-state index >= 15 is 0 Å². The van der Waals surface area contributed by atoms with Crippen LogP contribution in [0.1, 0.15) is 0 Å². The molecule has 0 fully saturated rings. The van der Waals surface area contributed by atoms with Crippen LogP contribution in [0.25, 0.3) is 76.7 Å². The molecule has 8 rings (SSSR count). The summed E-state index contributed by atoms with van der Waals surface area (Å²) in [5, 5.41) is 1.28. The van der Waals surface area contributed by atoms with E-state index in [4.69, 9.17) is 9.97 Å². The summed E-state index contributed by atoms with van der Waals surface area (Å²) in [5.41, 5.74) is 10.7. The fourth-order valence-electron chi connectivity index (χ4n) is 5.91. The SMILES string of the molecule is c1ccc(-c2ccccc2-c2cc(-c3ccc(-c4cc5ccccc5s4)cc3)nc(-c3ccccc3-c3ccccc3)n2)cc1. The van der Waals surface area contributed by atoms with Gasteiger partial charge in [0.15, 0.2) is 5.82 Å². The van der Waals surface area contributed by atoms with Gasteiger partial charge in [0.25, 0.3) is 0 Å². The first-order chi connectivity index (χ1) is 22.3. The van der Waals surface area contributed by atoms with Crippen molar-refractivity contribution in [2.45, 2.75) is 0 Å². The number of nitrogens with zero attached hydrogens (tertiary/aromatic N) is 2. The van der Waals surface area contributed by atoms with Crippen LogP contribution in [0.3, 0.4) is 0 Å². The van der Waals surface area contributed by atoms with E-state index in [0.29, 0.717) is 5.82 Å². The van der Waals surface area contributed by atoms with Crippen LogP contribution in [-0.2, 0) is 0 Å². The van der Waals surface area contributed by atoms with Gasteiger partial charge in [0.1, 0.15) is 0 Å². The Morgan fingerprint density at radius 2 is 0.867 bits per heavy atom. The van der Waals surface area contributed by atoms with Crippen LogP contribution in [0.5, 0.6) is 0 Å². The number of benzene rings is 6. The van der Waals surface area contributed by atoms with Gasteiger partial charge in [0.2, 0.25) is 0 Å². The lowest BCUT2D eigenvalue weighted by Gasteiger charge is -2.15. The second-order valence-electron chi connectivity index (χ2n) is 11.0. The molecule has 0 N–H and O–H groups in total. The molecular weight excluding hydrogens is 565 g/mol. The molecule has 0 atom stereocenters. The topological polar surface area (TPSA) is 25.8 Å². The molecule has 0 aliphatic heterocycles. The Kier molecular flexibility index (Phi) is 7.07. The fourth-order valence-corrected chi connectivity index (χ4v) is 6.97. The maximum absolute atomic E-state index is 5.25. The van der Waals surface area contributed by atoms with Crippen molar-refractivity contribution in [2.24, 2.45) is 0 Å². The van der Waals surface area contributed by atoms with E-state index in [1.54, 1.807) is 0 Å². The van der Waals surface area contributed by atoms with E-state index in [9.17, 15) is 0 Å². The summed E-state index contributed by atoms with van der Waals surface area (Å²) in [5.74, 6) is 0.707. The summed E-state index contributed by atoms with van der Waals surface area (Å²) in [6.07, 6.45) is 0. The van der Waals surface area contributed by atoms with Gasteiger partial charge in [-0.1, -0.05) is 152 Å². The third-order valence-corrected chi connectivity index (χ3v) is 9.32. The lowest BCUT2D eigenvalue weighted by atomic mass is 9.95. The second kappa shape index (κ2) is 11.8. The molecule has 2 aromatic heterocycles. The van der Waals surface area contributed by atoms with Crippen molar-refractivity contribution >= 4 is 21.4 Å². The molecule has 3 heteroatoms. The highest BCUT2D eigenvalue weighted by atomic mass is 32.1. The maximum Gasteiger partial charge on any atom is 0.161 e. The molecule has 0 spiro atoms. The van der Waals surface area contributed by atoms with E-state index in [1.165, 1.54) is 20.5 Å². The monoisotopic (exact) mass is 592 g/mol. The number of thiophene rings is 1. The number of rotatable bonds is 6. The molecule has 212 valence electrons. The summed E-state index contributed by atoms with van der Waals surface area (Å²) in [6, 6.07) is 59.6. The number of hydrogen-bond acceptors (Lipinski definition) is 3. The van der Waals surface area contributed by atoms with Crippen LogP contribution in [0.15, 0.2) is 170 Å². The molecule has 0 radical (unpaired) electrons. The van der Waals surface area contributed by atoms with Gasteiger partial charge < -0.3 is 0 Å². The van der Waals surface area contributed by atoms with Crippen molar-refractivity contribution in [3.8, 4) is 66.6 Å². The zero-order valence-electron chi connectivity index (χ0n) is 24.5. The number of fused-ring (bicyclic) bond motifs is 1. The molecule has 8 aromatic rings. The number of hydrogen-bond donors (Lipinski definition) is 0. The molecule has 2 heterocycles. The van der Waals surface area contributed by atoms with Crippen molar-refractivity contribution in [3.63, 3.8) is 0 Å². The Balaban J connectivity index is 1.29. The van der Waals surface area contributed by atoms with Crippen molar-refractivity contribution in [1.82, 2.24) is 9.97 Å². The smallest absolute Gasteiger partial charge is 0.161 e. The average molecular weight is 593 g/mol. The predicted octanol–water partition coefficient (Wildman–Crippen LogP) is 11.7. The zero-order valence-corrected chi connectivity index (χ0v) is 25.3. The highest BCUT2D eigenvalue weighted by Crippen LogP contribution is 2.38. The Hall–Kier alpha value is -5.64. The van der Waals surface area contributed by atoms with Gasteiger partial charge in [-0.15, -0.1) is 11.3 Å². The normalized spacial score (nSPS) is 11.1. The van der Waals surface area contributed by atoms with Crippen molar-refractivity contribution in [1.29, 1.82) is 0 Å². The average Bonchev–Trinajstić information content (AvgIpc) is 3.57. The van der Waals surface area contributed by atoms with E-state index in [-0.39, 0.29) is 0 Å². The Bertz CT molecular complexity index is 2120. The third kappa shape index (κ3) is 5.35. The first-order valence-corrected chi connectivity index (χ1v) is 15.9. The van der Waals surface area contributed by atoms with Gasteiger partial charge in [0, 0.05) is 26.3 Å². The lowest BCUT2D eigenvalue weighted by Crippen LogP contribution is -1.98. The first-order valence-electron chi connectivity index (χ1n) is 15.1. The standard InChI is InChI=1S/C42H28N2S/c1-3-13-29(14-4-1)34-18-8-10-20-36(34)39-28-38(31-23-25-32(26-24-31)41-27-33-17-7-12-22-40(33)45-41)43-42(44-39)37-21-11-9-19-35(37)30-15-5-2-6-16-30/h1-28H. The zero-order chi connectivity index (χ0) is 30.0. The molecule has 0 amide bonds. The maximum atomic E-state index is 5.25. The van der Waals surface area contributed by atoms with Gasteiger partial charge in [-0.2, -0.15) is 0 Å². The molecule has 0 bridgehead atoms. The molecule has 6 aromatic carbocycles. The molecule has 45 heavy (non-hydrogen) atoms. The third-order valence-electron chi connectivity index (χ3n) is 8.16. The second-order valence-corrected chi connectivity index (χ2v) is 12.1. The van der Waals surface area contributed by atoms with E-state index in [1.807, 2.05) is 17.4 Å². The summed E-state index contributed by atoms with van der Waals surface area (Å²) in [7, 11) is 0. The van der Waals surface area contributed by atoms with Crippen LogP contribution in [0.2, 0.25) is 0 Å². The van der Waals surface area contributed by atoms with E-state index in [0.717, 1.165) is 50.3 Å². The lowest BCUT2D eigenvalue weighted by molar-refractivity contribution is 1.18. The molecule has 0 saturated heterocycles. The molecule has 0 unspecified atom stereocenters. The minimum Gasteiger partial charge on any atom is -0.228 e. The van der Waals surface area contributed by atoms with Gasteiger partial charge in [-0.25, -0.2) is 9.97 Å². The summed E-state index contributed by atoms with van der Waals surface area (Å²) in [6.45, 7) is 0. The summed E-state index contributed by atoms with van der Waals surface area (Å²) in [4.78, 5) is 11.7. The van der Waals surface area contributed by atoms with Gasteiger partial charge in [0.05, 0.1) is 11.4 Å². The van der Waals surface area contributed by atoms with Crippen LogP contribution >= 0.6 is 11.3 Å². The van der Waals surface area contributed by atoms with Gasteiger partial charge >= 0.3 is 0 Å². The van der Waals surface area contributed by atoms with Gasteiger partial charge in [-0.05, 0) is 51.4 Å². The Labute approximate surface area is 267 Å². The Morgan fingerprint density at radius 1 is 0.356 bits per heavy atom. The van der Waals surface area contributed by atoms with Crippen LogP contribution in [0, 0.1) is 0 Å². The Morgan fingerprint density at radius 3 is 1.53 bits per heavy atom. The van der Waals surface area contributed by atoms with E-state index in [2.05, 4.69) is 164 Å². The molecule has 0 saturated carbocycles. The molecule has 2 nitrogen and oxygen atoms in total. The molecule has 0 aliphatic carbocycles. The summed E-state index contributed by atoms with van der Waals surface area (Å²) < 4.78 is 1.30. The first kappa shape index (κ1) is 26.9. The van der Waals surface area contributed by atoms with Crippen LogP contribution in [-0.4, -0.2) is 9.97 Å². The van der Waals surface area contributed by atoms with Crippen LogP contribution in [0.4, 0.5) is 0 Å².